The molecule has 0 aromatic rings. The van der Waals surface area contributed by atoms with Crippen LogP contribution in [0.4, 0.5) is 4.79 Å². The highest BCUT2D eigenvalue weighted by Gasteiger charge is 2.50. The quantitative estimate of drug-likeness (QED) is 0.725. The number of rotatable bonds is 4. The molecule has 0 aromatic carbocycles. The number of nitrogens with zero attached hydrogens (tertiary/aromatic N) is 1. The number of piperidine rings is 1. The highest BCUT2D eigenvalue weighted by Crippen LogP contribution is 2.51. The Balaban J connectivity index is 1.79. The maximum Gasteiger partial charge on any atom is 0.410 e. The van der Waals surface area contributed by atoms with Gasteiger partial charge in [0.2, 0.25) is 0 Å². The number of ether oxygens (including phenoxy) is 2. The first-order chi connectivity index (χ1) is 12.1. The third-order valence-corrected chi connectivity index (χ3v) is 6.73. The molecule has 2 fully saturated rings. The van der Waals surface area contributed by atoms with Gasteiger partial charge in [-0.3, -0.25) is 0 Å². The molecule has 0 spiro atoms. The van der Waals surface area contributed by atoms with Crippen LogP contribution in [0.2, 0.25) is 0 Å². The number of methoxy groups -OCH3 is 1. The molecule has 25 heavy (non-hydrogen) atoms. The summed E-state index contributed by atoms with van der Waals surface area (Å²) >= 11 is 0. The van der Waals surface area contributed by atoms with Crippen LogP contribution in [0, 0.1) is 17.3 Å². The fourth-order valence-electron chi connectivity index (χ4n) is 5.23. The molecule has 1 saturated carbocycles. The van der Waals surface area contributed by atoms with Gasteiger partial charge in [0.1, 0.15) is 5.76 Å². The lowest BCUT2D eigenvalue weighted by molar-refractivity contribution is -0.0517. The van der Waals surface area contributed by atoms with Crippen LogP contribution in [0.1, 0.15) is 58.8 Å². The molecule has 0 N–H and O–H groups in total. The fraction of sp³-hybridized carbons (Fsp3) is 0.762. The second kappa shape index (κ2) is 7.84. The Morgan fingerprint density at radius 1 is 1.36 bits per heavy atom. The summed E-state index contributed by atoms with van der Waals surface area (Å²) in [5.41, 5.74) is 0.225. The van der Waals surface area contributed by atoms with E-state index in [1.54, 1.807) is 7.11 Å². The Bertz CT molecular complexity index is 541. The first-order valence-corrected chi connectivity index (χ1v) is 9.94. The van der Waals surface area contributed by atoms with Gasteiger partial charge in [-0.15, -0.1) is 0 Å². The zero-order chi connectivity index (χ0) is 17.9. The van der Waals surface area contributed by atoms with Gasteiger partial charge in [0.15, 0.2) is 0 Å². The average Bonchev–Trinajstić information content (AvgIpc) is 2.63. The van der Waals surface area contributed by atoms with E-state index in [0.29, 0.717) is 12.5 Å². The van der Waals surface area contributed by atoms with Crippen LogP contribution < -0.4 is 0 Å². The number of hydrogen-bond donors (Lipinski definition) is 0. The molecule has 4 nitrogen and oxygen atoms in total. The molecule has 4 atom stereocenters. The van der Waals surface area contributed by atoms with Crippen molar-refractivity contribution in [2.75, 3.05) is 20.3 Å². The van der Waals surface area contributed by atoms with Crippen LogP contribution in [0.3, 0.4) is 0 Å². The van der Waals surface area contributed by atoms with Crippen LogP contribution >= 0.6 is 0 Å². The van der Waals surface area contributed by atoms with E-state index in [-0.39, 0.29) is 17.6 Å². The summed E-state index contributed by atoms with van der Waals surface area (Å²) in [5, 5.41) is 0. The molecule has 3 rings (SSSR count). The van der Waals surface area contributed by atoms with Gasteiger partial charge in [-0.05, 0) is 68.4 Å². The Morgan fingerprint density at radius 3 is 2.88 bits per heavy atom. The van der Waals surface area contributed by atoms with Gasteiger partial charge >= 0.3 is 6.09 Å². The van der Waals surface area contributed by atoms with Crippen molar-refractivity contribution in [3.8, 4) is 0 Å². The van der Waals surface area contributed by atoms with Gasteiger partial charge in [0.05, 0.1) is 13.7 Å². The van der Waals surface area contributed by atoms with Crippen LogP contribution in [-0.2, 0) is 9.47 Å². The van der Waals surface area contributed by atoms with Gasteiger partial charge in [-0.25, -0.2) is 4.79 Å². The number of fused-ring (bicyclic) bond motifs is 1. The fourth-order valence-corrected chi connectivity index (χ4v) is 5.23. The number of carbonyl (C=O) groups excluding carboxylic acids is 1. The monoisotopic (exact) mass is 347 g/mol. The summed E-state index contributed by atoms with van der Waals surface area (Å²) < 4.78 is 10.7. The third kappa shape index (κ3) is 3.73. The van der Waals surface area contributed by atoms with E-state index >= 15 is 0 Å². The SMILES string of the molecule is CCOC(=O)N1CCC2CCCCC2(C)C1CC1C=CC(OC)=CC1. The summed E-state index contributed by atoms with van der Waals surface area (Å²) in [4.78, 5) is 14.7. The standard InChI is InChI=1S/C21H33NO3/c1-4-25-20(23)22-14-12-17-7-5-6-13-21(17,2)19(22)15-16-8-10-18(24-3)11-9-16/h8,10-11,16-17,19H,4-7,9,12-15H2,1-3H3. The molecule has 1 amide bonds. The van der Waals surface area contributed by atoms with E-state index in [0.717, 1.165) is 37.5 Å². The smallest absolute Gasteiger partial charge is 0.410 e. The van der Waals surface area contributed by atoms with Gasteiger partial charge in [0, 0.05) is 12.6 Å². The van der Waals surface area contributed by atoms with Crippen molar-refractivity contribution in [3.05, 3.63) is 24.0 Å². The van der Waals surface area contributed by atoms with Crippen molar-refractivity contribution in [2.24, 2.45) is 17.3 Å². The lowest BCUT2D eigenvalue weighted by Gasteiger charge is -2.55. The summed E-state index contributed by atoms with van der Waals surface area (Å²) in [6, 6.07) is 0.276. The van der Waals surface area contributed by atoms with Crippen molar-refractivity contribution in [3.63, 3.8) is 0 Å². The highest BCUT2D eigenvalue weighted by molar-refractivity contribution is 5.68. The molecular formula is C21H33NO3. The first kappa shape index (κ1) is 18.3. The van der Waals surface area contributed by atoms with Crippen LogP contribution in [0.25, 0.3) is 0 Å². The normalized spacial score (nSPS) is 34.9. The Morgan fingerprint density at radius 2 is 2.20 bits per heavy atom. The van der Waals surface area contributed by atoms with E-state index in [1.165, 1.54) is 25.7 Å². The molecule has 1 saturated heterocycles. The maximum atomic E-state index is 12.6. The van der Waals surface area contributed by atoms with Gasteiger partial charge in [0.25, 0.3) is 0 Å². The van der Waals surface area contributed by atoms with Crippen LogP contribution in [0.15, 0.2) is 24.0 Å². The molecule has 4 heteroatoms. The highest BCUT2D eigenvalue weighted by atomic mass is 16.6. The summed E-state index contributed by atoms with van der Waals surface area (Å²) in [6.45, 7) is 5.61. The summed E-state index contributed by atoms with van der Waals surface area (Å²) in [5.74, 6) is 2.16. The minimum Gasteiger partial charge on any atom is -0.497 e. The third-order valence-electron chi connectivity index (χ3n) is 6.73. The van der Waals surface area contributed by atoms with E-state index in [2.05, 4.69) is 30.1 Å². The predicted octanol–water partition coefficient (Wildman–Crippen LogP) is 4.91. The second-order valence-corrected chi connectivity index (χ2v) is 8.05. The molecule has 2 aliphatic carbocycles. The second-order valence-electron chi connectivity index (χ2n) is 8.05. The summed E-state index contributed by atoms with van der Waals surface area (Å²) in [6.07, 6.45) is 14.7. The maximum absolute atomic E-state index is 12.6. The van der Waals surface area contributed by atoms with Gasteiger partial charge in [-0.2, -0.15) is 0 Å². The van der Waals surface area contributed by atoms with Crippen LogP contribution in [0.5, 0.6) is 0 Å². The zero-order valence-corrected chi connectivity index (χ0v) is 16.0. The lowest BCUT2D eigenvalue weighted by atomic mass is 9.58. The van der Waals surface area contributed by atoms with Crippen molar-refractivity contribution in [2.45, 2.75) is 64.8 Å². The molecular weight excluding hydrogens is 314 g/mol. The molecule has 4 unspecified atom stereocenters. The van der Waals surface area contributed by atoms with E-state index in [9.17, 15) is 4.79 Å². The minimum absolute atomic E-state index is 0.120. The molecule has 0 aromatic heterocycles. The Labute approximate surface area is 152 Å². The van der Waals surface area contributed by atoms with Gasteiger partial charge in [-0.1, -0.05) is 25.8 Å². The van der Waals surface area contributed by atoms with E-state index in [1.807, 2.05) is 6.92 Å². The number of allylic oxidation sites excluding steroid dienone is 3. The van der Waals surface area contributed by atoms with E-state index in [4.69, 9.17) is 9.47 Å². The minimum atomic E-state index is -0.120. The number of amides is 1. The van der Waals surface area contributed by atoms with Gasteiger partial charge < -0.3 is 14.4 Å². The zero-order valence-electron chi connectivity index (χ0n) is 16.0. The lowest BCUT2D eigenvalue weighted by Crippen LogP contribution is -2.58. The largest absolute Gasteiger partial charge is 0.497 e. The predicted molar refractivity (Wildman–Crippen MR) is 99.2 cm³/mol. The van der Waals surface area contributed by atoms with E-state index < -0.39 is 0 Å². The molecule has 1 aliphatic heterocycles. The molecule has 3 aliphatic rings. The molecule has 140 valence electrons. The molecule has 0 bridgehead atoms. The molecule has 0 radical (unpaired) electrons. The number of hydrogen-bond acceptors (Lipinski definition) is 3. The van der Waals surface area contributed by atoms with Crippen molar-refractivity contribution in [1.29, 1.82) is 0 Å². The van der Waals surface area contributed by atoms with Crippen LogP contribution in [-0.4, -0.2) is 37.3 Å². The molecule has 1 heterocycles. The summed E-state index contributed by atoms with van der Waals surface area (Å²) in [7, 11) is 1.72. The topological polar surface area (TPSA) is 38.8 Å². The van der Waals surface area contributed by atoms with Crippen molar-refractivity contribution >= 4 is 6.09 Å². The number of carbonyl (C=O) groups is 1. The Hall–Kier alpha value is -1.45. The average molecular weight is 347 g/mol. The van der Waals surface area contributed by atoms with Crippen molar-refractivity contribution < 1.29 is 14.3 Å². The Kier molecular flexibility index (Phi) is 5.75. The number of likely N-dealkylation sites (tertiary alicyclic amines) is 1. The first-order valence-electron chi connectivity index (χ1n) is 9.94. The van der Waals surface area contributed by atoms with Crippen molar-refractivity contribution in [1.82, 2.24) is 4.90 Å².